The molecule has 0 radical (unpaired) electrons. The molecule has 0 aromatic heterocycles. The second kappa shape index (κ2) is 9.71. The summed E-state index contributed by atoms with van der Waals surface area (Å²) in [6, 6.07) is -0.702. The van der Waals surface area contributed by atoms with Gasteiger partial charge in [0.05, 0.1) is 0 Å². The predicted octanol–water partition coefficient (Wildman–Crippen LogP) is -1.02. The Balaban J connectivity index is 3.68. The number of likely N-dealkylation sites (N-methyl/N-ethyl adjacent to an activating group) is 1. The van der Waals surface area contributed by atoms with Crippen LogP contribution in [0, 0.1) is 0 Å². The fourth-order valence-corrected chi connectivity index (χ4v) is 0.890. The van der Waals surface area contributed by atoms with E-state index in [4.69, 9.17) is 0 Å². The van der Waals surface area contributed by atoms with Gasteiger partial charge in [-0.3, -0.25) is 9.59 Å². The molecule has 0 aliphatic heterocycles. The molecule has 0 saturated carbocycles. The minimum absolute atomic E-state index is 0.171. The molecule has 0 rings (SSSR count). The Morgan fingerprint density at radius 1 is 1.31 bits per heavy atom. The zero-order chi connectivity index (χ0) is 12.2. The van der Waals surface area contributed by atoms with Gasteiger partial charge in [-0.05, 0) is 7.05 Å². The summed E-state index contributed by atoms with van der Waals surface area (Å²) in [4.78, 5) is 32.7. The largest absolute Gasteiger partial charge is 0.359 e. The number of carbonyl (C=O) groups is 3. The first kappa shape index (κ1) is 14.2. The van der Waals surface area contributed by atoms with Crippen LogP contribution in [0.25, 0.3) is 0 Å². The van der Waals surface area contributed by atoms with E-state index in [2.05, 4.69) is 20.9 Å². The first-order valence-corrected chi connectivity index (χ1v) is 4.71. The third kappa shape index (κ3) is 7.56. The Bertz CT molecular complexity index is 256. The van der Waals surface area contributed by atoms with Gasteiger partial charge in [-0.2, -0.15) is 0 Å². The van der Waals surface area contributed by atoms with Crippen molar-refractivity contribution in [2.24, 2.45) is 10.2 Å². The van der Waals surface area contributed by atoms with E-state index in [1.807, 2.05) is 0 Å². The van der Waals surface area contributed by atoms with Crippen molar-refractivity contribution in [3.63, 3.8) is 0 Å². The smallest absolute Gasteiger partial charge is 0.342 e. The Morgan fingerprint density at radius 3 is 2.56 bits per heavy atom. The lowest BCUT2D eigenvalue weighted by Gasteiger charge is -2.16. The lowest BCUT2D eigenvalue weighted by molar-refractivity contribution is -0.118. The van der Waals surface area contributed by atoms with Gasteiger partial charge >= 0.3 is 6.03 Å². The van der Waals surface area contributed by atoms with Crippen molar-refractivity contribution < 1.29 is 14.4 Å². The molecule has 0 aliphatic carbocycles. The number of azo groups is 1. The second-order valence-corrected chi connectivity index (χ2v) is 2.80. The van der Waals surface area contributed by atoms with Crippen LogP contribution >= 0.6 is 0 Å². The molecule has 0 bridgehead atoms. The van der Waals surface area contributed by atoms with Crippen molar-refractivity contribution in [2.45, 2.75) is 0 Å². The molecule has 0 saturated heterocycles. The van der Waals surface area contributed by atoms with Crippen LogP contribution < -0.4 is 10.6 Å². The van der Waals surface area contributed by atoms with E-state index in [-0.39, 0.29) is 13.0 Å². The van der Waals surface area contributed by atoms with Crippen molar-refractivity contribution in [1.29, 1.82) is 0 Å². The van der Waals surface area contributed by atoms with E-state index in [1.54, 1.807) is 7.05 Å². The van der Waals surface area contributed by atoms with Gasteiger partial charge in [-0.1, -0.05) is 5.11 Å². The second-order valence-electron chi connectivity index (χ2n) is 2.80. The number of nitrogens with one attached hydrogen (secondary N) is 2. The quantitative estimate of drug-likeness (QED) is 0.410. The SMILES string of the molecule is CNCCN(C=O)CCNC(=O)/N=N\C=O. The van der Waals surface area contributed by atoms with Crippen LogP contribution in [0.4, 0.5) is 4.79 Å². The summed E-state index contributed by atoms with van der Waals surface area (Å²) in [7, 11) is 1.78. The van der Waals surface area contributed by atoms with E-state index in [9.17, 15) is 14.4 Å². The highest BCUT2D eigenvalue weighted by Gasteiger charge is 2.01. The summed E-state index contributed by atoms with van der Waals surface area (Å²) in [6.07, 6.45) is 0.876. The minimum atomic E-state index is -0.702. The Kier molecular flexibility index (Phi) is 8.60. The lowest BCUT2D eigenvalue weighted by Crippen LogP contribution is -2.36. The van der Waals surface area contributed by atoms with E-state index >= 15 is 0 Å². The van der Waals surface area contributed by atoms with Gasteiger partial charge in [0.15, 0.2) is 0 Å². The van der Waals surface area contributed by atoms with Crippen LogP contribution in [0.1, 0.15) is 0 Å². The average molecular weight is 229 g/mol. The Morgan fingerprint density at radius 2 is 2.00 bits per heavy atom. The molecule has 90 valence electrons. The highest BCUT2D eigenvalue weighted by Crippen LogP contribution is 1.81. The van der Waals surface area contributed by atoms with Gasteiger partial charge in [0.2, 0.25) is 6.41 Å². The van der Waals surface area contributed by atoms with Crippen molar-refractivity contribution in [3.05, 3.63) is 0 Å². The fraction of sp³-hybridized carbons (Fsp3) is 0.625. The van der Waals surface area contributed by atoms with Crippen molar-refractivity contribution in [3.8, 4) is 0 Å². The molecule has 0 aromatic carbocycles. The summed E-state index contributed by atoms with van der Waals surface area (Å²) in [5, 5.41) is 11.2. The normalized spacial score (nSPS) is 10.1. The molecule has 0 aromatic rings. The summed E-state index contributed by atoms with van der Waals surface area (Å²) >= 11 is 0. The molecular formula is C8H15N5O3. The van der Waals surface area contributed by atoms with Crippen LogP contribution in [0.3, 0.4) is 0 Å². The summed E-state index contributed by atoms with van der Waals surface area (Å²) in [6.45, 7) is 1.88. The van der Waals surface area contributed by atoms with E-state index in [1.165, 1.54) is 4.90 Å². The maximum atomic E-state index is 10.8. The molecule has 2 N–H and O–H groups in total. The standard InChI is InChI=1S/C8H15N5O3/c1-9-2-4-13(7-15)5-3-10-8(16)12-11-6-14/h6-7,9H,2-5H2,1H3,(H,10,16)/b12-11-. The molecule has 8 heteroatoms. The lowest BCUT2D eigenvalue weighted by atomic mass is 10.5. The maximum absolute atomic E-state index is 10.8. The molecule has 0 heterocycles. The van der Waals surface area contributed by atoms with Crippen LogP contribution in [-0.4, -0.2) is 57.0 Å². The minimum Gasteiger partial charge on any atom is -0.342 e. The molecule has 0 fully saturated rings. The molecule has 8 nitrogen and oxygen atoms in total. The van der Waals surface area contributed by atoms with Crippen molar-refractivity contribution in [1.82, 2.24) is 15.5 Å². The van der Waals surface area contributed by atoms with E-state index < -0.39 is 6.03 Å². The van der Waals surface area contributed by atoms with E-state index in [0.717, 1.165) is 0 Å². The number of rotatable bonds is 8. The molecular weight excluding hydrogens is 214 g/mol. The highest BCUT2D eigenvalue weighted by molar-refractivity contribution is 5.75. The molecule has 16 heavy (non-hydrogen) atoms. The number of urea groups is 1. The third-order valence-electron chi connectivity index (χ3n) is 1.67. The van der Waals surface area contributed by atoms with Gasteiger partial charge in [-0.25, -0.2) is 4.79 Å². The maximum Gasteiger partial charge on any atom is 0.359 e. The Hall–Kier alpha value is -1.83. The number of hydrogen-bond donors (Lipinski definition) is 2. The summed E-state index contributed by atoms with van der Waals surface area (Å²) in [5.41, 5.74) is 0. The van der Waals surface area contributed by atoms with Gasteiger partial charge in [0, 0.05) is 26.2 Å². The van der Waals surface area contributed by atoms with Crippen LogP contribution in [0.5, 0.6) is 0 Å². The van der Waals surface area contributed by atoms with Crippen molar-refractivity contribution in [2.75, 3.05) is 33.2 Å². The van der Waals surface area contributed by atoms with Crippen molar-refractivity contribution >= 4 is 18.9 Å². The fourth-order valence-electron chi connectivity index (χ4n) is 0.890. The Labute approximate surface area is 93.1 Å². The first-order chi connectivity index (χ1) is 7.74. The third-order valence-corrected chi connectivity index (χ3v) is 1.67. The molecule has 0 aliphatic rings. The topological polar surface area (TPSA) is 103 Å². The van der Waals surface area contributed by atoms with Gasteiger partial charge in [-0.15, -0.1) is 5.11 Å². The van der Waals surface area contributed by atoms with Crippen LogP contribution in [0.15, 0.2) is 10.2 Å². The number of hydrogen-bond acceptors (Lipinski definition) is 4. The summed E-state index contributed by atoms with van der Waals surface area (Å²) < 4.78 is 0. The number of nitrogens with zero attached hydrogens (tertiary/aromatic N) is 3. The van der Waals surface area contributed by atoms with Gasteiger partial charge in [0.1, 0.15) is 0 Å². The summed E-state index contributed by atoms with van der Waals surface area (Å²) in [5.74, 6) is 0. The zero-order valence-corrected chi connectivity index (χ0v) is 9.05. The number of amides is 4. The monoisotopic (exact) mass is 229 g/mol. The molecule has 0 unspecified atom stereocenters. The molecule has 0 spiro atoms. The zero-order valence-electron chi connectivity index (χ0n) is 9.05. The molecule has 0 atom stereocenters. The highest BCUT2D eigenvalue weighted by atomic mass is 16.2. The first-order valence-electron chi connectivity index (χ1n) is 4.71. The van der Waals surface area contributed by atoms with Gasteiger partial charge in [0.25, 0.3) is 6.41 Å². The van der Waals surface area contributed by atoms with E-state index in [0.29, 0.717) is 26.0 Å². The average Bonchev–Trinajstić information content (AvgIpc) is 2.30. The van der Waals surface area contributed by atoms with Gasteiger partial charge < -0.3 is 15.5 Å². The van der Waals surface area contributed by atoms with Crippen LogP contribution in [0.2, 0.25) is 0 Å². The molecule has 4 amide bonds. The predicted molar refractivity (Wildman–Crippen MR) is 55.9 cm³/mol. The van der Waals surface area contributed by atoms with Crippen LogP contribution in [-0.2, 0) is 9.59 Å². The number of carbonyl (C=O) groups excluding carboxylic acids is 3.